The van der Waals surface area contributed by atoms with Gasteiger partial charge in [-0.05, 0) is 12.0 Å². The Morgan fingerprint density at radius 1 is 1.30 bits per heavy atom. The van der Waals surface area contributed by atoms with Gasteiger partial charge in [0.15, 0.2) is 0 Å². The molecule has 0 bridgehead atoms. The number of hydrogen-bond donors (Lipinski definition) is 1. The first-order valence-corrected chi connectivity index (χ1v) is 6.65. The van der Waals surface area contributed by atoms with E-state index in [0.29, 0.717) is 19.5 Å². The van der Waals surface area contributed by atoms with Gasteiger partial charge in [0.05, 0.1) is 0 Å². The average Bonchev–Trinajstić information content (AvgIpc) is 2.98. The molecule has 0 aliphatic rings. The van der Waals surface area contributed by atoms with E-state index in [1.807, 2.05) is 42.5 Å². The van der Waals surface area contributed by atoms with E-state index in [1.165, 1.54) is 6.33 Å². The van der Waals surface area contributed by atoms with Gasteiger partial charge in [-0.3, -0.25) is 9.48 Å². The van der Waals surface area contributed by atoms with Gasteiger partial charge < -0.3 is 5.32 Å². The van der Waals surface area contributed by atoms with Gasteiger partial charge >= 0.3 is 0 Å². The molecule has 1 heterocycles. The van der Waals surface area contributed by atoms with Gasteiger partial charge in [-0.2, -0.15) is 5.10 Å². The van der Waals surface area contributed by atoms with Crippen LogP contribution >= 0.6 is 0 Å². The van der Waals surface area contributed by atoms with Crippen molar-refractivity contribution in [3.8, 4) is 0 Å². The minimum absolute atomic E-state index is 0.0582. The van der Waals surface area contributed by atoms with Crippen LogP contribution in [0.4, 0.5) is 0 Å². The monoisotopic (exact) mass is 270 g/mol. The fourth-order valence-electron chi connectivity index (χ4n) is 1.77. The van der Waals surface area contributed by atoms with Gasteiger partial charge in [0.25, 0.3) is 0 Å². The Balaban J connectivity index is 1.59. The number of amides is 1. The first-order chi connectivity index (χ1) is 9.84. The Morgan fingerprint density at radius 3 is 2.90 bits per heavy atom. The highest BCUT2D eigenvalue weighted by molar-refractivity contribution is 5.76. The number of aryl methyl sites for hydroxylation is 1. The van der Waals surface area contributed by atoms with Crippen molar-refractivity contribution in [2.24, 2.45) is 0 Å². The summed E-state index contributed by atoms with van der Waals surface area (Å²) in [6, 6.07) is 10.0. The van der Waals surface area contributed by atoms with Crippen LogP contribution in [-0.4, -0.2) is 27.2 Å². The van der Waals surface area contributed by atoms with Gasteiger partial charge in [0, 0.05) is 19.5 Å². The van der Waals surface area contributed by atoms with Crippen molar-refractivity contribution in [2.75, 3.05) is 6.54 Å². The standard InChI is InChI=1S/C15H18N4O/c20-15(9-5-11-19-13-16-12-18-19)17-10-4-8-14-6-2-1-3-7-14/h1-4,6-8,12-13H,5,9-11H2,(H,17,20). The molecule has 2 aromatic rings. The molecule has 0 aliphatic carbocycles. The van der Waals surface area contributed by atoms with E-state index in [9.17, 15) is 4.79 Å². The van der Waals surface area contributed by atoms with Gasteiger partial charge in [-0.1, -0.05) is 42.5 Å². The summed E-state index contributed by atoms with van der Waals surface area (Å²) < 4.78 is 1.72. The normalized spacial score (nSPS) is 10.8. The third kappa shape index (κ3) is 5.06. The summed E-state index contributed by atoms with van der Waals surface area (Å²) in [6.07, 6.45) is 8.35. The second-order valence-corrected chi connectivity index (χ2v) is 4.38. The van der Waals surface area contributed by atoms with E-state index in [1.54, 1.807) is 11.0 Å². The van der Waals surface area contributed by atoms with Crippen molar-refractivity contribution in [3.05, 3.63) is 54.6 Å². The average molecular weight is 270 g/mol. The van der Waals surface area contributed by atoms with E-state index in [4.69, 9.17) is 0 Å². The molecule has 5 heteroatoms. The quantitative estimate of drug-likeness (QED) is 0.835. The van der Waals surface area contributed by atoms with Gasteiger partial charge in [0.2, 0.25) is 5.91 Å². The molecular weight excluding hydrogens is 252 g/mol. The number of hydrogen-bond acceptors (Lipinski definition) is 3. The summed E-state index contributed by atoms with van der Waals surface area (Å²) in [5.74, 6) is 0.0582. The zero-order valence-electron chi connectivity index (χ0n) is 11.3. The second kappa shape index (κ2) is 7.89. The zero-order chi connectivity index (χ0) is 14.0. The van der Waals surface area contributed by atoms with Gasteiger partial charge in [-0.15, -0.1) is 0 Å². The summed E-state index contributed by atoms with van der Waals surface area (Å²) in [4.78, 5) is 15.4. The highest BCUT2D eigenvalue weighted by Gasteiger charge is 1.99. The molecule has 0 unspecified atom stereocenters. The van der Waals surface area contributed by atoms with E-state index in [-0.39, 0.29) is 5.91 Å². The fraction of sp³-hybridized carbons (Fsp3) is 0.267. The predicted octanol–water partition coefficient (Wildman–Crippen LogP) is 1.89. The molecule has 1 N–H and O–H groups in total. The Morgan fingerprint density at radius 2 is 2.15 bits per heavy atom. The fourth-order valence-corrected chi connectivity index (χ4v) is 1.77. The van der Waals surface area contributed by atoms with E-state index < -0.39 is 0 Å². The molecule has 0 spiro atoms. The number of nitrogens with one attached hydrogen (secondary N) is 1. The molecule has 0 saturated heterocycles. The summed E-state index contributed by atoms with van der Waals surface area (Å²) >= 11 is 0. The van der Waals surface area contributed by atoms with E-state index in [0.717, 1.165) is 12.0 Å². The third-order valence-corrected chi connectivity index (χ3v) is 2.78. The van der Waals surface area contributed by atoms with E-state index in [2.05, 4.69) is 15.4 Å². The lowest BCUT2D eigenvalue weighted by molar-refractivity contribution is -0.121. The highest BCUT2D eigenvalue weighted by atomic mass is 16.1. The predicted molar refractivity (Wildman–Crippen MR) is 77.7 cm³/mol. The van der Waals surface area contributed by atoms with Crippen molar-refractivity contribution in [1.82, 2.24) is 20.1 Å². The van der Waals surface area contributed by atoms with Gasteiger partial charge in [0.1, 0.15) is 12.7 Å². The zero-order valence-corrected chi connectivity index (χ0v) is 11.3. The lowest BCUT2D eigenvalue weighted by Gasteiger charge is -2.02. The molecule has 104 valence electrons. The van der Waals surface area contributed by atoms with Crippen LogP contribution in [-0.2, 0) is 11.3 Å². The molecule has 0 atom stereocenters. The van der Waals surface area contributed by atoms with Crippen LogP contribution in [0.3, 0.4) is 0 Å². The lowest BCUT2D eigenvalue weighted by Crippen LogP contribution is -2.23. The Hall–Kier alpha value is -2.43. The van der Waals surface area contributed by atoms with Crippen molar-refractivity contribution in [1.29, 1.82) is 0 Å². The number of nitrogens with zero attached hydrogens (tertiary/aromatic N) is 3. The molecule has 1 aromatic heterocycles. The maximum atomic E-state index is 11.6. The van der Waals surface area contributed by atoms with Crippen molar-refractivity contribution in [2.45, 2.75) is 19.4 Å². The Labute approximate surface area is 118 Å². The number of carbonyl (C=O) groups is 1. The van der Waals surface area contributed by atoms with Crippen LogP contribution in [0.15, 0.2) is 49.1 Å². The molecule has 5 nitrogen and oxygen atoms in total. The van der Waals surface area contributed by atoms with Crippen LogP contribution < -0.4 is 5.32 Å². The minimum atomic E-state index is 0.0582. The third-order valence-electron chi connectivity index (χ3n) is 2.78. The number of benzene rings is 1. The number of rotatable bonds is 7. The molecule has 0 radical (unpaired) electrons. The van der Waals surface area contributed by atoms with Crippen molar-refractivity contribution < 1.29 is 4.79 Å². The van der Waals surface area contributed by atoms with Gasteiger partial charge in [-0.25, -0.2) is 4.98 Å². The largest absolute Gasteiger partial charge is 0.353 e. The topological polar surface area (TPSA) is 59.8 Å². The Bertz CT molecular complexity index is 534. The van der Waals surface area contributed by atoms with Crippen molar-refractivity contribution >= 4 is 12.0 Å². The molecule has 20 heavy (non-hydrogen) atoms. The SMILES string of the molecule is O=C(CCCn1cncn1)NCC=Cc1ccccc1. The summed E-state index contributed by atoms with van der Waals surface area (Å²) in [6.45, 7) is 1.27. The molecule has 1 aromatic carbocycles. The minimum Gasteiger partial charge on any atom is -0.353 e. The number of aromatic nitrogens is 3. The molecule has 1 amide bonds. The Kier molecular flexibility index (Phi) is 5.52. The highest BCUT2D eigenvalue weighted by Crippen LogP contribution is 2.00. The maximum Gasteiger partial charge on any atom is 0.220 e. The van der Waals surface area contributed by atoms with Crippen LogP contribution in [0.2, 0.25) is 0 Å². The van der Waals surface area contributed by atoms with Crippen molar-refractivity contribution in [3.63, 3.8) is 0 Å². The van der Waals surface area contributed by atoms with Crippen LogP contribution in [0.1, 0.15) is 18.4 Å². The molecule has 0 fully saturated rings. The summed E-state index contributed by atoms with van der Waals surface area (Å²) in [5.41, 5.74) is 1.13. The van der Waals surface area contributed by atoms with Crippen LogP contribution in [0.5, 0.6) is 0 Å². The smallest absolute Gasteiger partial charge is 0.220 e. The maximum absolute atomic E-state index is 11.6. The summed E-state index contributed by atoms with van der Waals surface area (Å²) in [5, 5.41) is 6.85. The van der Waals surface area contributed by atoms with E-state index >= 15 is 0 Å². The molecule has 0 aliphatic heterocycles. The first-order valence-electron chi connectivity index (χ1n) is 6.65. The molecule has 0 saturated carbocycles. The van der Waals surface area contributed by atoms with Crippen LogP contribution in [0.25, 0.3) is 6.08 Å². The lowest BCUT2D eigenvalue weighted by atomic mass is 10.2. The second-order valence-electron chi connectivity index (χ2n) is 4.38. The molecular formula is C15H18N4O. The summed E-state index contributed by atoms with van der Waals surface area (Å²) in [7, 11) is 0. The first kappa shape index (κ1) is 14.0. The number of carbonyl (C=O) groups excluding carboxylic acids is 1. The van der Waals surface area contributed by atoms with Crippen LogP contribution in [0, 0.1) is 0 Å². The molecule has 2 rings (SSSR count).